The third-order valence-electron chi connectivity index (χ3n) is 2.42. The van der Waals surface area contributed by atoms with Gasteiger partial charge in [0.1, 0.15) is 12.4 Å². The zero-order valence-electron chi connectivity index (χ0n) is 11.2. The molecule has 0 amide bonds. The monoisotopic (exact) mass is 251 g/mol. The van der Waals surface area contributed by atoms with E-state index in [4.69, 9.17) is 9.47 Å². The van der Waals surface area contributed by atoms with Gasteiger partial charge in [-0.1, -0.05) is 17.7 Å². The SMILES string of the molecule is CCOC(=O)CNC(C)COc1ccc(C)cc1. The molecule has 1 unspecified atom stereocenters. The minimum Gasteiger partial charge on any atom is -0.492 e. The second-order valence-corrected chi connectivity index (χ2v) is 4.21. The number of ether oxygens (including phenoxy) is 2. The predicted octanol–water partition coefficient (Wildman–Crippen LogP) is 1.92. The molecule has 0 aliphatic rings. The Morgan fingerprint density at radius 3 is 2.61 bits per heavy atom. The highest BCUT2D eigenvalue weighted by Gasteiger charge is 2.06. The zero-order valence-corrected chi connectivity index (χ0v) is 11.2. The van der Waals surface area contributed by atoms with Gasteiger partial charge in [0.2, 0.25) is 0 Å². The Morgan fingerprint density at radius 2 is 2.00 bits per heavy atom. The summed E-state index contributed by atoms with van der Waals surface area (Å²) in [6, 6.07) is 7.98. The van der Waals surface area contributed by atoms with E-state index in [9.17, 15) is 4.79 Å². The summed E-state index contributed by atoms with van der Waals surface area (Å²) < 4.78 is 10.4. The first-order chi connectivity index (χ1) is 8.61. The first kappa shape index (κ1) is 14.5. The summed E-state index contributed by atoms with van der Waals surface area (Å²) in [5.74, 6) is 0.602. The van der Waals surface area contributed by atoms with E-state index in [1.807, 2.05) is 38.1 Å². The van der Waals surface area contributed by atoms with Gasteiger partial charge in [0.05, 0.1) is 13.2 Å². The zero-order chi connectivity index (χ0) is 13.4. The molecule has 0 saturated heterocycles. The highest BCUT2D eigenvalue weighted by atomic mass is 16.5. The number of benzene rings is 1. The first-order valence-corrected chi connectivity index (χ1v) is 6.20. The molecule has 1 N–H and O–H groups in total. The number of carbonyl (C=O) groups excluding carboxylic acids is 1. The number of esters is 1. The Hall–Kier alpha value is -1.55. The van der Waals surface area contributed by atoms with E-state index < -0.39 is 0 Å². The fourth-order valence-corrected chi connectivity index (χ4v) is 1.38. The van der Waals surface area contributed by atoms with Crippen molar-refractivity contribution in [1.82, 2.24) is 5.32 Å². The van der Waals surface area contributed by atoms with Crippen LogP contribution in [0.25, 0.3) is 0 Å². The highest BCUT2D eigenvalue weighted by Crippen LogP contribution is 2.11. The van der Waals surface area contributed by atoms with E-state index in [1.165, 1.54) is 5.56 Å². The summed E-state index contributed by atoms with van der Waals surface area (Å²) in [5, 5.41) is 3.05. The topological polar surface area (TPSA) is 47.6 Å². The van der Waals surface area contributed by atoms with Crippen molar-refractivity contribution in [3.8, 4) is 5.75 Å². The van der Waals surface area contributed by atoms with Crippen LogP contribution in [0.4, 0.5) is 0 Å². The minimum atomic E-state index is -0.236. The second-order valence-electron chi connectivity index (χ2n) is 4.21. The van der Waals surface area contributed by atoms with E-state index in [0.29, 0.717) is 13.2 Å². The normalized spacial score (nSPS) is 11.9. The summed E-state index contributed by atoms with van der Waals surface area (Å²) >= 11 is 0. The summed E-state index contributed by atoms with van der Waals surface area (Å²) in [5.41, 5.74) is 1.20. The molecule has 100 valence electrons. The van der Waals surface area contributed by atoms with Gasteiger partial charge in [-0.05, 0) is 32.9 Å². The molecule has 0 aliphatic heterocycles. The van der Waals surface area contributed by atoms with Gasteiger partial charge in [-0.15, -0.1) is 0 Å². The van der Waals surface area contributed by atoms with Crippen molar-refractivity contribution in [3.05, 3.63) is 29.8 Å². The molecule has 0 saturated carbocycles. The molecule has 1 atom stereocenters. The Bertz CT molecular complexity index is 362. The van der Waals surface area contributed by atoms with Crippen LogP contribution in [0.2, 0.25) is 0 Å². The molecule has 0 radical (unpaired) electrons. The van der Waals surface area contributed by atoms with Crippen LogP contribution in [0.3, 0.4) is 0 Å². The van der Waals surface area contributed by atoms with Gasteiger partial charge in [-0.2, -0.15) is 0 Å². The lowest BCUT2D eigenvalue weighted by molar-refractivity contribution is -0.142. The van der Waals surface area contributed by atoms with Gasteiger partial charge in [0, 0.05) is 6.04 Å². The van der Waals surface area contributed by atoms with Gasteiger partial charge in [0.25, 0.3) is 0 Å². The average molecular weight is 251 g/mol. The van der Waals surface area contributed by atoms with Crippen molar-refractivity contribution in [2.75, 3.05) is 19.8 Å². The van der Waals surface area contributed by atoms with Gasteiger partial charge < -0.3 is 14.8 Å². The fraction of sp³-hybridized carbons (Fsp3) is 0.500. The number of nitrogens with one attached hydrogen (secondary N) is 1. The van der Waals surface area contributed by atoms with Crippen molar-refractivity contribution >= 4 is 5.97 Å². The molecule has 0 fully saturated rings. The van der Waals surface area contributed by atoms with Crippen molar-refractivity contribution in [3.63, 3.8) is 0 Å². The first-order valence-electron chi connectivity index (χ1n) is 6.20. The fourth-order valence-electron chi connectivity index (χ4n) is 1.38. The summed E-state index contributed by atoms with van der Waals surface area (Å²) in [4.78, 5) is 11.1. The van der Waals surface area contributed by atoms with E-state index in [1.54, 1.807) is 6.92 Å². The number of hydrogen-bond donors (Lipinski definition) is 1. The van der Waals surface area contributed by atoms with E-state index >= 15 is 0 Å². The van der Waals surface area contributed by atoms with Crippen LogP contribution in [-0.4, -0.2) is 31.8 Å². The van der Waals surface area contributed by atoms with Crippen LogP contribution in [-0.2, 0) is 9.53 Å². The molecule has 1 aromatic rings. The van der Waals surface area contributed by atoms with Crippen LogP contribution < -0.4 is 10.1 Å². The van der Waals surface area contributed by atoms with Crippen LogP contribution in [0.1, 0.15) is 19.4 Å². The Balaban J connectivity index is 2.22. The standard InChI is InChI=1S/C14H21NO3/c1-4-17-14(16)9-15-12(3)10-18-13-7-5-11(2)6-8-13/h5-8,12,15H,4,9-10H2,1-3H3. The molecule has 0 aromatic heterocycles. The molecule has 18 heavy (non-hydrogen) atoms. The minimum absolute atomic E-state index is 0.0932. The van der Waals surface area contributed by atoms with Crippen LogP contribution in [0.5, 0.6) is 5.75 Å². The smallest absolute Gasteiger partial charge is 0.319 e. The lowest BCUT2D eigenvalue weighted by atomic mass is 10.2. The highest BCUT2D eigenvalue weighted by molar-refractivity contribution is 5.71. The molecule has 0 heterocycles. The number of carbonyl (C=O) groups is 1. The summed E-state index contributed by atoms with van der Waals surface area (Å²) in [7, 11) is 0. The van der Waals surface area contributed by atoms with Crippen molar-refractivity contribution in [1.29, 1.82) is 0 Å². The summed E-state index contributed by atoms with van der Waals surface area (Å²) in [6.07, 6.45) is 0. The Labute approximate surface area is 108 Å². The lowest BCUT2D eigenvalue weighted by Gasteiger charge is -2.14. The second kappa shape index (κ2) is 7.71. The van der Waals surface area contributed by atoms with Crippen molar-refractivity contribution in [2.45, 2.75) is 26.8 Å². The number of rotatable bonds is 7. The molecule has 0 aliphatic carbocycles. The Morgan fingerprint density at radius 1 is 1.33 bits per heavy atom. The predicted molar refractivity (Wildman–Crippen MR) is 70.8 cm³/mol. The maximum absolute atomic E-state index is 11.1. The van der Waals surface area contributed by atoms with Crippen molar-refractivity contribution in [2.24, 2.45) is 0 Å². The quantitative estimate of drug-likeness (QED) is 0.752. The third-order valence-corrected chi connectivity index (χ3v) is 2.42. The largest absolute Gasteiger partial charge is 0.492 e. The van der Waals surface area contributed by atoms with Gasteiger partial charge in [-0.3, -0.25) is 4.79 Å². The van der Waals surface area contributed by atoms with E-state index in [0.717, 1.165) is 5.75 Å². The molecule has 1 rings (SSSR count). The van der Waals surface area contributed by atoms with Crippen LogP contribution >= 0.6 is 0 Å². The lowest BCUT2D eigenvalue weighted by Crippen LogP contribution is -2.36. The van der Waals surface area contributed by atoms with Crippen LogP contribution in [0, 0.1) is 6.92 Å². The molecular weight excluding hydrogens is 230 g/mol. The Kier molecular flexibility index (Phi) is 6.22. The maximum Gasteiger partial charge on any atom is 0.319 e. The van der Waals surface area contributed by atoms with Gasteiger partial charge >= 0.3 is 5.97 Å². The third kappa shape index (κ3) is 5.68. The van der Waals surface area contributed by atoms with Crippen LogP contribution in [0.15, 0.2) is 24.3 Å². The molecule has 4 heteroatoms. The van der Waals surface area contributed by atoms with Crippen molar-refractivity contribution < 1.29 is 14.3 Å². The molecule has 1 aromatic carbocycles. The molecule has 0 bridgehead atoms. The molecule has 4 nitrogen and oxygen atoms in total. The summed E-state index contributed by atoms with van der Waals surface area (Å²) in [6.45, 7) is 6.94. The molecule has 0 spiro atoms. The maximum atomic E-state index is 11.1. The number of hydrogen-bond acceptors (Lipinski definition) is 4. The van der Waals surface area contributed by atoms with Gasteiger partial charge in [-0.25, -0.2) is 0 Å². The van der Waals surface area contributed by atoms with Gasteiger partial charge in [0.15, 0.2) is 0 Å². The number of aryl methyl sites for hydroxylation is 1. The molecular formula is C14H21NO3. The van der Waals surface area contributed by atoms with E-state index in [2.05, 4.69) is 5.32 Å². The average Bonchev–Trinajstić information content (AvgIpc) is 2.36. The van der Waals surface area contributed by atoms with E-state index in [-0.39, 0.29) is 18.6 Å².